The molecule has 0 amide bonds. The lowest BCUT2D eigenvalue weighted by Crippen LogP contribution is -2.02. The number of imidazole rings is 1. The van der Waals surface area contributed by atoms with Crippen molar-refractivity contribution in [1.29, 1.82) is 0 Å². The molecular formula is C16H13ClF2N2. The van der Waals surface area contributed by atoms with Gasteiger partial charge in [-0.15, -0.1) is 11.6 Å². The highest BCUT2D eigenvalue weighted by Gasteiger charge is 2.18. The molecule has 5 heteroatoms. The van der Waals surface area contributed by atoms with Crippen LogP contribution in [-0.4, -0.2) is 9.55 Å². The Morgan fingerprint density at radius 3 is 2.71 bits per heavy atom. The normalized spacial score (nSPS) is 11.2. The summed E-state index contributed by atoms with van der Waals surface area (Å²) in [6.45, 7) is 2.04. The van der Waals surface area contributed by atoms with Crippen LogP contribution in [0.4, 0.5) is 8.78 Å². The first-order valence-electron chi connectivity index (χ1n) is 6.66. The van der Waals surface area contributed by atoms with Gasteiger partial charge >= 0.3 is 0 Å². The molecule has 0 bridgehead atoms. The van der Waals surface area contributed by atoms with Gasteiger partial charge < -0.3 is 0 Å². The number of hydrogen-bond acceptors (Lipinski definition) is 1. The van der Waals surface area contributed by atoms with Crippen LogP contribution in [-0.2, 0) is 12.3 Å². The molecule has 3 aromatic rings. The minimum absolute atomic E-state index is 0.117. The van der Waals surface area contributed by atoms with E-state index in [0.29, 0.717) is 11.3 Å². The average molecular weight is 307 g/mol. The average Bonchev–Trinajstić information content (AvgIpc) is 2.90. The van der Waals surface area contributed by atoms with Crippen LogP contribution >= 0.6 is 11.6 Å². The van der Waals surface area contributed by atoms with Crippen LogP contribution in [0, 0.1) is 11.6 Å². The number of aryl methyl sites for hydroxylation is 1. The summed E-state index contributed by atoms with van der Waals surface area (Å²) in [7, 11) is 0. The van der Waals surface area contributed by atoms with Crippen LogP contribution in [0.1, 0.15) is 18.3 Å². The lowest BCUT2D eigenvalue weighted by atomic mass is 10.1. The molecule has 3 rings (SSSR count). The zero-order valence-electron chi connectivity index (χ0n) is 11.4. The van der Waals surface area contributed by atoms with Crippen LogP contribution in [0.5, 0.6) is 0 Å². The molecule has 0 radical (unpaired) electrons. The van der Waals surface area contributed by atoms with Gasteiger partial charge in [0, 0.05) is 5.69 Å². The van der Waals surface area contributed by atoms with Crippen molar-refractivity contribution < 1.29 is 8.78 Å². The summed E-state index contributed by atoms with van der Waals surface area (Å²) in [6, 6.07) is 10.2. The number of benzene rings is 2. The number of halogens is 3. The summed E-state index contributed by atoms with van der Waals surface area (Å²) in [4.78, 5) is 4.29. The Hall–Kier alpha value is -1.94. The zero-order valence-corrected chi connectivity index (χ0v) is 12.2. The zero-order chi connectivity index (χ0) is 15.0. The standard InChI is InChI=1S/C16H13ClF2N2/c1-2-10-4-3-5-11(8-10)21-14(9-17)20-13-7-6-12(18)15(19)16(13)21/h3-8H,2,9H2,1H3. The highest BCUT2D eigenvalue weighted by Crippen LogP contribution is 2.27. The van der Waals surface area contributed by atoms with Gasteiger partial charge in [0.1, 0.15) is 11.3 Å². The molecule has 0 aliphatic carbocycles. The van der Waals surface area contributed by atoms with Gasteiger partial charge in [0.25, 0.3) is 0 Å². The lowest BCUT2D eigenvalue weighted by Gasteiger charge is -2.10. The Morgan fingerprint density at radius 2 is 2.00 bits per heavy atom. The van der Waals surface area contributed by atoms with Gasteiger partial charge in [-0.25, -0.2) is 13.8 Å². The molecule has 21 heavy (non-hydrogen) atoms. The molecule has 108 valence electrons. The van der Waals surface area contributed by atoms with E-state index in [1.807, 2.05) is 31.2 Å². The minimum atomic E-state index is -0.904. The fourth-order valence-corrected chi connectivity index (χ4v) is 2.61. The maximum atomic E-state index is 14.2. The molecule has 0 unspecified atom stereocenters. The van der Waals surface area contributed by atoms with Crippen molar-refractivity contribution in [2.24, 2.45) is 0 Å². The van der Waals surface area contributed by atoms with Gasteiger partial charge in [-0.1, -0.05) is 19.1 Å². The third-order valence-electron chi connectivity index (χ3n) is 3.48. The Bertz CT molecular complexity index is 811. The SMILES string of the molecule is CCc1cccc(-n2c(CCl)nc3ccc(F)c(F)c32)c1. The molecule has 0 aliphatic rings. The molecule has 0 aliphatic heterocycles. The Labute approximate surface area is 126 Å². The summed E-state index contributed by atoms with van der Waals surface area (Å²) in [5.74, 6) is -1.19. The fraction of sp³-hybridized carbons (Fsp3) is 0.188. The molecule has 0 atom stereocenters. The van der Waals surface area contributed by atoms with Crippen molar-refractivity contribution in [3.05, 3.63) is 59.4 Å². The summed E-state index contributed by atoms with van der Waals surface area (Å²) in [5.41, 5.74) is 2.36. The molecule has 1 heterocycles. The van der Waals surface area contributed by atoms with E-state index in [2.05, 4.69) is 4.98 Å². The van der Waals surface area contributed by atoms with Gasteiger partial charge in [0.2, 0.25) is 0 Å². The molecule has 0 saturated carbocycles. The smallest absolute Gasteiger partial charge is 0.185 e. The number of aromatic nitrogens is 2. The van der Waals surface area contributed by atoms with Crippen molar-refractivity contribution in [2.75, 3.05) is 0 Å². The van der Waals surface area contributed by atoms with E-state index in [1.165, 1.54) is 6.07 Å². The van der Waals surface area contributed by atoms with Gasteiger partial charge in [0.05, 0.1) is 11.4 Å². The van der Waals surface area contributed by atoms with E-state index in [4.69, 9.17) is 11.6 Å². The van der Waals surface area contributed by atoms with Gasteiger partial charge in [-0.2, -0.15) is 0 Å². The predicted octanol–water partition coefficient (Wildman–Crippen LogP) is 4.60. The summed E-state index contributed by atoms with van der Waals surface area (Å²) in [6.07, 6.45) is 0.855. The molecule has 0 spiro atoms. The van der Waals surface area contributed by atoms with Crippen LogP contribution in [0.25, 0.3) is 16.7 Å². The second kappa shape index (κ2) is 5.45. The third kappa shape index (κ3) is 2.29. The number of fused-ring (bicyclic) bond motifs is 1. The maximum Gasteiger partial charge on any atom is 0.185 e. The van der Waals surface area contributed by atoms with Gasteiger partial charge in [-0.3, -0.25) is 4.57 Å². The highest BCUT2D eigenvalue weighted by atomic mass is 35.5. The molecule has 0 saturated heterocycles. The van der Waals surface area contributed by atoms with Crippen LogP contribution in [0.15, 0.2) is 36.4 Å². The first-order valence-corrected chi connectivity index (χ1v) is 7.19. The van der Waals surface area contributed by atoms with E-state index in [9.17, 15) is 8.78 Å². The number of hydrogen-bond donors (Lipinski definition) is 0. The third-order valence-corrected chi connectivity index (χ3v) is 3.71. The van der Waals surface area contributed by atoms with Crippen molar-refractivity contribution in [3.8, 4) is 5.69 Å². The summed E-state index contributed by atoms with van der Waals surface area (Å²) >= 11 is 5.92. The van der Waals surface area contributed by atoms with E-state index in [-0.39, 0.29) is 11.4 Å². The van der Waals surface area contributed by atoms with Gasteiger partial charge in [0.15, 0.2) is 11.6 Å². The van der Waals surface area contributed by atoms with Gasteiger partial charge in [-0.05, 0) is 36.2 Å². The molecule has 0 N–H and O–H groups in total. The molecule has 0 fully saturated rings. The van der Waals surface area contributed by atoms with Crippen LogP contribution < -0.4 is 0 Å². The van der Waals surface area contributed by atoms with Crippen molar-refractivity contribution in [1.82, 2.24) is 9.55 Å². The maximum absolute atomic E-state index is 14.2. The quantitative estimate of drug-likeness (QED) is 0.646. The first kappa shape index (κ1) is 14.0. The Kier molecular flexibility index (Phi) is 3.64. The fourth-order valence-electron chi connectivity index (χ4n) is 2.43. The van der Waals surface area contributed by atoms with Crippen molar-refractivity contribution in [3.63, 3.8) is 0 Å². The number of rotatable bonds is 3. The largest absolute Gasteiger partial charge is 0.293 e. The summed E-state index contributed by atoms with van der Waals surface area (Å²) in [5, 5.41) is 0. The second-order valence-corrected chi connectivity index (χ2v) is 5.02. The topological polar surface area (TPSA) is 17.8 Å². The van der Waals surface area contributed by atoms with Crippen LogP contribution in [0.2, 0.25) is 0 Å². The molecule has 2 aromatic carbocycles. The number of nitrogens with zero attached hydrogens (tertiary/aromatic N) is 2. The number of alkyl halides is 1. The minimum Gasteiger partial charge on any atom is -0.293 e. The van der Waals surface area contributed by atoms with E-state index in [0.717, 1.165) is 23.7 Å². The predicted molar refractivity (Wildman–Crippen MR) is 79.9 cm³/mol. The van der Waals surface area contributed by atoms with E-state index < -0.39 is 11.6 Å². The van der Waals surface area contributed by atoms with E-state index >= 15 is 0 Å². The molecule has 1 aromatic heterocycles. The second-order valence-electron chi connectivity index (χ2n) is 4.75. The van der Waals surface area contributed by atoms with Crippen molar-refractivity contribution in [2.45, 2.75) is 19.2 Å². The molecule has 2 nitrogen and oxygen atoms in total. The molecular weight excluding hydrogens is 294 g/mol. The van der Waals surface area contributed by atoms with Crippen molar-refractivity contribution >= 4 is 22.6 Å². The Balaban J connectivity index is 2.36. The monoisotopic (exact) mass is 306 g/mol. The first-order chi connectivity index (χ1) is 10.2. The highest BCUT2D eigenvalue weighted by molar-refractivity contribution is 6.17. The Morgan fingerprint density at radius 1 is 1.19 bits per heavy atom. The van der Waals surface area contributed by atoms with Crippen LogP contribution in [0.3, 0.4) is 0 Å². The van der Waals surface area contributed by atoms with E-state index in [1.54, 1.807) is 4.57 Å². The lowest BCUT2D eigenvalue weighted by molar-refractivity contribution is 0.514. The summed E-state index contributed by atoms with van der Waals surface area (Å²) < 4.78 is 29.3.